The van der Waals surface area contributed by atoms with E-state index in [1.807, 2.05) is 25.1 Å². The summed E-state index contributed by atoms with van der Waals surface area (Å²) in [5.74, 6) is 2.09. The van der Waals surface area contributed by atoms with E-state index >= 15 is 0 Å². The number of anilines is 3. The van der Waals surface area contributed by atoms with Crippen molar-refractivity contribution in [3.63, 3.8) is 0 Å². The predicted molar refractivity (Wildman–Crippen MR) is 128 cm³/mol. The lowest BCUT2D eigenvalue weighted by Gasteiger charge is -2.29. The Kier molecular flexibility index (Phi) is 8.09. The Bertz CT molecular complexity index is 839. The first-order valence-electron chi connectivity index (χ1n) is 11.4. The van der Waals surface area contributed by atoms with Crippen molar-refractivity contribution in [3.8, 4) is 0 Å². The van der Waals surface area contributed by atoms with Crippen LogP contribution in [0.4, 0.5) is 22.2 Å². The number of carbonyl (C=O) groups excluding carboxylic acids is 1. The summed E-state index contributed by atoms with van der Waals surface area (Å²) in [6.45, 7) is 4.94. The zero-order valence-corrected chi connectivity index (χ0v) is 19.2. The third kappa shape index (κ3) is 6.32. The standard InChI is InChI=1S/C24H36N6O/c1-5-18-8-7-9-19(6-2)22(18)29-24(31)26-16-17-10-12-20(13-11-17)27-23-25-15-14-21(28-23)30(3)4/h7-9,14-15,17,20H,5-6,10-13,16H2,1-4H3,(H,25,27,28)(H2,26,29,31)/t17-,20+. The highest BCUT2D eigenvalue weighted by Gasteiger charge is 2.22. The summed E-state index contributed by atoms with van der Waals surface area (Å²) in [7, 11) is 3.95. The van der Waals surface area contributed by atoms with E-state index in [2.05, 4.69) is 58.0 Å². The fraction of sp³-hybridized carbons (Fsp3) is 0.542. The Morgan fingerprint density at radius 1 is 1.06 bits per heavy atom. The van der Waals surface area contributed by atoms with Crippen LogP contribution in [-0.4, -0.2) is 42.7 Å². The van der Waals surface area contributed by atoms with Gasteiger partial charge in [0.1, 0.15) is 5.82 Å². The lowest BCUT2D eigenvalue weighted by atomic mass is 9.86. The number of nitrogens with zero attached hydrogens (tertiary/aromatic N) is 3. The van der Waals surface area contributed by atoms with Crippen molar-refractivity contribution >= 4 is 23.5 Å². The summed E-state index contributed by atoms with van der Waals surface area (Å²) in [6, 6.07) is 8.41. The number of carbonyl (C=O) groups is 1. The largest absolute Gasteiger partial charge is 0.363 e. The molecule has 168 valence electrons. The molecule has 1 fully saturated rings. The van der Waals surface area contributed by atoms with Crippen molar-refractivity contribution in [1.29, 1.82) is 0 Å². The number of urea groups is 1. The molecule has 1 aromatic carbocycles. The van der Waals surface area contributed by atoms with Crippen LogP contribution in [0.3, 0.4) is 0 Å². The molecule has 1 heterocycles. The third-order valence-corrected chi connectivity index (χ3v) is 6.07. The van der Waals surface area contributed by atoms with E-state index in [9.17, 15) is 4.79 Å². The second-order valence-electron chi connectivity index (χ2n) is 8.49. The molecule has 3 N–H and O–H groups in total. The van der Waals surface area contributed by atoms with E-state index in [1.54, 1.807) is 6.20 Å². The quantitative estimate of drug-likeness (QED) is 0.583. The van der Waals surface area contributed by atoms with Crippen molar-refractivity contribution in [2.24, 2.45) is 5.92 Å². The topological polar surface area (TPSA) is 82.2 Å². The normalized spacial score (nSPS) is 18.3. The summed E-state index contributed by atoms with van der Waals surface area (Å²) < 4.78 is 0. The van der Waals surface area contributed by atoms with Crippen LogP contribution in [0, 0.1) is 5.92 Å². The van der Waals surface area contributed by atoms with Crippen LogP contribution in [0.15, 0.2) is 30.5 Å². The minimum Gasteiger partial charge on any atom is -0.363 e. The van der Waals surface area contributed by atoms with Gasteiger partial charge in [0, 0.05) is 38.6 Å². The molecule has 0 radical (unpaired) electrons. The Hall–Kier alpha value is -2.83. The molecule has 7 heteroatoms. The second kappa shape index (κ2) is 11.0. The molecule has 31 heavy (non-hydrogen) atoms. The van der Waals surface area contributed by atoms with Gasteiger partial charge in [-0.3, -0.25) is 0 Å². The van der Waals surface area contributed by atoms with Gasteiger partial charge in [-0.2, -0.15) is 4.98 Å². The summed E-state index contributed by atoms with van der Waals surface area (Å²) in [5, 5.41) is 9.65. The number of aryl methyl sites for hydroxylation is 2. The Balaban J connectivity index is 1.44. The number of amides is 2. The molecule has 1 aliphatic carbocycles. The average Bonchev–Trinajstić information content (AvgIpc) is 2.79. The van der Waals surface area contributed by atoms with Crippen LogP contribution >= 0.6 is 0 Å². The highest BCUT2D eigenvalue weighted by Crippen LogP contribution is 2.26. The van der Waals surface area contributed by atoms with Crippen molar-refractivity contribution in [1.82, 2.24) is 15.3 Å². The van der Waals surface area contributed by atoms with E-state index in [4.69, 9.17) is 0 Å². The lowest BCUT2D eigenvalue weighted by molar-refractivity contribution is 0.246. The van der Waals surface area contributed by atoms with Gasteiger partial charge >= 0.3 is 6.03 Å². The third-order valence-electron chi connectivity index (χ3n) is 6.07. The Labute approximate surface area is 186 Å². The van der Waals surface area contributed by atoms with Crippen LogP contribution in [0.1, 0.15) is 50.7 Å². The van der Waals surface area contributed by atoms with E-state index < -0.39 is 0 Å². The molecule has 0 bridgehead atoms. The van der Waals surface area contributed by atoms with Gasteiger partial charge in [-0.1, -0.05) is 32.0 Å². The monoisotopic (exact) mass is 424 g/mol. The number of benzene rings is 1. The van der Waals surface area contributed by atoms with Crippen molar-refractivity contribution in [2.45, 2.75) is 58.4 Å². The van der Waals surface area contributed by atoms with E-state index in [0.29, 0.717) is 24.5 Å². The van der Waals surface area contributed by atoms with Crippen LogP contribution < -0.4 is 20.9 Å². The van der Waals surface area contributed by atoms with Crippen molar-refractivity contribution < 1.29 is 4.79 Å². The molecule has 0 unspecified atom stereocenters. The molecule has 0 saturated heterocycles. The molecule has 7 nitrogen and oxygen atoms in total. The van der Waals surface area contributed by atoms with E-state index in [-0.39, 0.29) is 6.03 Å². The SMILES string of the molecule is CCc1cccc(CC)c1NC(=O)NC[C@H]1CC[C@@H](Nc2nccc(N(C)C)n2)CC1. The van der Waals surface area contributed by atoms with Gasteiger partial charge in [-0.05, 0) is 61.6 Å². The van der Waals surface area contributed by atoms with Crippen LogP contribution in [0.5, 0.6) is 0 Å². The average molecular weight is 425 g/mol. The second-order valence-corrected chi connectivity index (χ2v) is 8.49. The molecule has 0 atom stereocenters. The number of hydrogen-bond donors (Lipinski definition) is 3. The Morgan fingerprint density at radius 2 is 1.74 bits per heavy atom. The van der Waals surface area contributed by atoms with Gasteiger partial charge in [-0.15, -0.1) is 0 Å². The maximum atomic E-state index is 12.5. The Morgan fingerprint density at radius 3 is 2.35 bits per heavy atom. The molecule has 0 aliphatic heterocycles. The van der Waals surface area contributed by atoms with Crippen LogP contribution in [-0.2, 0) is 12.8 Å². The maximum absolute atomic E-state index is 12.5. The van der Waals surface area contributed by atoms with Crippen LogP contribution in [0.25, 0.3) is 0 Å². The summed E-state index contributed by atoms with van der Waals surface area (Å²) >= 11 is 0. The first kappa shape index (κ1) is 22.8. The van der Waals surface area contributed by atoms with Crippen LogP contribution in [0.2, 0.25) is 0 Å². The van der Waals surface area contributed by atoms with Gasteiger partial charge in [0.2, 0.25) is 5.95 Å². The highest BCUT2D eigenvalue weighted by atomic mass is 16.2. The summed E-state index contributed by atoms with van der Waals surface area (Å²) in [6.07, 6.45) is 7.88. The van der Waals surface area contributed by atoms with E-state index in [1.165, 1.54) is 11.1 Å². The van der Waals surface area contributed by atoms with Gasteiger partial charge in [0.25, 0.3) is 0 Å². The first-order valence-corrected chi connectivity index (χ1v) is 11.4. The summed E-state index contributed by atoms with van der Waals surface area (Å²) in [4.78, 5) is 23.4. The molecule has 2 aromatic rings. The molecule has 1 aromatic heterocycles. The van der Waals surface area contributed by atoms with Crippen molar-refractivity contribution in [2.75, 3.05) is 36.2 Å². The highest BCUT2D eigenvalue weighted by molar-refractivity contribution is 5.91. The van der Waals surface area contributed by atoms with Gasteiger partial charge < -0.3 is 20.9 Å². The lowest BCUT2D eigenvalue weighted by Crippen LogP contribution is -2.36. The summed E-state index contributed by atoms with van der Waals surface area (Å²) in [5.41, 5.74) is 3.33. The number of nitrogens with one attached hydrogen (secondary N) is 3. The minimum absolute atomic E-state index is 0.107. The number of hydrogen-bond acceptors (Lipinski definition) is 5. The molecular weight excluding hydrogens is 388 g/mol. The fourth-order valence-corrected chi connectivity index (χ4v) is 4.16. The van der Waals surface area contributed by atoms with Gasteiger partial charge in [0.05, 0.1) is 0 Å². The van der Waals surface area contributed by atoms with E-state index in [0.717, 1.165) is 50.0 Å². The number of rotatable bonds is 8. The predicted octanol–water partition coefficient (Wildman–Crippen LogP) is 4.46. The number of para-hydroxylation sites is 1. The zero-order valence-electron chi connectivity index (χ0n) is 19.2. The molecule has 2 amide bonds. The zero-order chi connectivity index (χ0) is 22.2. The molecule has 1 aliphatic rings. The number of aromatic nitrogens is 2. The smallest absolute Gasteiger partial charge is 0.319 e. The fourth-order valence-electron chi connectivity index (χ4n) is 4.16. The maximum Gasteiger partial charge on any atom is 0.319 e. The molecule has 1 saturated carbocycles. The van der Waals surface area contributed by atoms with Crippen molar-refractivity contribution in [3.05, 3.63) is 41.6 Å². The first-order chi connectivity index (χ1) is 15.0. The molecule has 0 spiro atoms. The molecule has 3 rings (SSSR count). The van der Waals surface area contributed by atoms with Gasteiger partial charge in [0.15, 0.2) is 0 Å². The minimum atomic E-state index is -0.107. The van der Waals surface area contributed by atoms with Gasteiger partial charge in [-0.25, -0.2) is 9.78 Å². The molecular formula is C24H36N6O.